The van der Waals surface area contributed by atoms with Crippen molar-refractivity contribution in [1.82, 2.24) is 0 Å². The number of rotatable bonds is 0. The van der Waals surface area contributed by atoms with Gasteiger partial charge < -0.3 is 4.74 Å². The summed E-state index contributed by atoms with van der Waals surface area (Å²) in [6.07, 6.45) is -0.338. The van der Waals surface area contributed by atoms with E-state index in [1.165, 1.54) is 0 Å². The van der Waals surface area contributed by atoms with Crippen LogP contribution in [-0.4, -0.2) is 13.0 Å². The van der Waals surface area contributed by atoms with Crippen LogP contribution < -0.4 is 0 Å². The van der Waals surface area contributed by atoms with Crippen LogP contribution in [0.4, 0.5) is 4.39 Å². The fourth-order valence-electron chi connectivity index (χ4n) is 0.207. The lowest BCUT2D eigenvalue weighted by Gasteiger charge is -2.16. The summed E-state index contributed by atoms with van der Waals surface area (Å²) in [5.74, 6) is 0. The molecule has 1 unspecified atom stereocenters. The fourth-order valence-corrected chi connectivity index (χ4v) is 0.207. The zero-order valence-corrected chi connectivity index (χ0v) is 2.78. The van der Waals surface area contributed by atoms with Gasteiger partial charge in [-0.25, -0.2) is 4.39 Å². The van der Waals surface area contributed by atoms with E-state index >= 15 is 0 Å². The lowest BCUT2D eigenvalue weighted by atomic mass is 10.4. The monoisotopic (exact) mass is 76.0 g/mol. The van der Waals surface area contributed by atoms with Gasteiger partial charge in [0.25, 0.3) is 0 Å². The Morgan fingerprint density at radius 2 is 2.20 bits per heavy atom. The molecule has 30 valence electrons. The van der Waals surface area contributed by atoms with E-state index in [9.17, 15) is 4.39 Å². The second-order valence-electron chi connectivity index (χ2n) is 1.07. The third-order valence-electron chi connectivity index (χ3n) is 0.644. The van der Waals surface area contributed by atoms with E-state index in [0.717, 1.165) is 0 Å². The summed E-state index contributed by atoms with van der Waals surface area (Å²) in [5.41, 5.74) is 0. The van der Waals surface area contributed by atoms with Crippen molar-refractivity contribution >= 4 is 0 Å². The van der Waals surface area contributed by atoms with Crippen LogP contribution in [0, 0.1) is 0 Å². The number of hydrogen-bond acceptors (Lipinski definition) is 1. The van der Waals surface area contributed by atoms with Gasteiger partial charge in [0, 0.05) is 6.42 Å². The molecular formula is C3H5FO. The molecule has 0 aromatic carbocycles. The second kappa shape index (κ2) is 0.937. The van der Waals surface area contributed by atoms with Crippen molar-refractivity contribution in [1.29, 1.82) is 0 Å². The molecule has 0 bridgehead atoms. The Morgan fingerprint density at radius 3 is 2.20 bits per heavy atom. The molecule has 0 spiro atoms. The third-order valence-corrected chi connectivity index (χ3v) is 0.644. The molecule has 0 aromatic heterocycles. The highest BCUT2D eigenvalue weighted by atomic mass is 19.1. The molecule has 0 amide bonds. The molecule has 0 N–H and O–H groups in total. The summed E-state index contributed by atoms with van der Waals surface area (Å²) in [6, 6.07) is 0. The van der Waals surface area contributed by atoms with Crippen molar-refractivity contribution in [3.8, 4) is 0 Å². The van der Waals surface area contributed by atoms with Gasteiger partial charge in [-0.1, -0.05) is 0 Å². The normalized spacial score (nSPS) is 36.6. The molecule has 2 heteroatoms. The molecule has 1 nitrogen and oxygen atoms in total. The zero-order valence-electron chi connectivity index (χ0n) is 2.78. The Labute approximate surface area is 29.7 Å². The van der Waals surface area contributed by atoms with E-state index in [1.54, 1.807) is 0 Å². The molecular weight excluding hydrogens is 71.0 g/mol. The molecule has 5 heavy (non-hydrogen) atoms. The Bertz CT molecular complexity index is 33.9. The van der Waals surface area contributed by atoms with Crippen LogP contribution in [0.3, 0.4) is 0 Å². The second-order valence-corrected chi connectivity index (χ2v) is 1.07. The number of alkyl halides is 1. The molecule has 1 rings (SSSR count). The molecule has 0 aliphatic carbocycles. The molecule has 1 aliphatic rings. The van der Waals surface area contributed by atoms with Gasteiger partial charge in [0.15, 0.2) is 0 Å². The summed E-state index contributed by atoms with van der Waals surface area (Å²) in [6.45, 7) is 0.612. The van der Waals surface area contributed by atoms with Crippen molar-refractivity contribution in [3.63, 3.8) is 0 Å². The summed E-state index contributed by atoms with van der Waals surface area (Å²) in [5, 5.41) is 0. The summed E-state index contributed by atoms with van der Waals surface area (Å²) in [7, 11) is 0. The number of ether oxygens (including phenoxy) is 1. The summed E-state index contributed by atoms with van der Waals surface area (Å²) < 4.78 is 15.6. The smallest absolute Gasteiger partial charge is 0.200 e. The summed E-state index contributed by atoms with van der Waals surface area (Å²) >= 11 is 0. The highest BCUT2D eigenvalue weighted by Crippen LogP contribution is 2.09. The lowest BCUT2D eigenvalue weighted by Crippen LogP contribution is -2.20. The van der Waals surface area contributed by atoms with E-state index < -0.39 is 6.36 Å². The van der Waals surface area contributed by atoms with Crippen LogP contribution in [0.15, 0.2) is 0 Å². The van der Waals surface area contributed by atoms with Crippen LogP contribution in [0.1, 0.15) is 6.42 Å². The van der Waals surface area contributed by atoms with Gasteiger partial charge in [0.1, 0.15) is 0 Å². The minimum Gasteiger partial charge on any atom is -0.348 e. The average Bonchev–Trinajstić information content (AvgIpc) is 1.30. The topological polar surface area (TPSA) is 9.23 Å². The lowest BCUT2D eigenvalue weighted by molar-refractivity contribution is -0.131. The Hall–Kier alpha value is -0.110. The SMILES string of the molecule is FC1CCO1. The predicted octanol–water partition coefficient (Wildman–Crippen LogP) is 0.702. The Kier molecular flexibility index (Phi) is 0.580. The molecule has 0 radical (unpaired) electrons. The molecule has 0 aromatic rings. The van der Waals surface area contributed by atoms with E-state index in [4.69, 9.17) is 0 Å². The highest BCUT2D eigenvalue weighted by molar-refractivity contribution is 4.49. The first-order chi connectivity index (χ1) is 2.39. The van der Waals surface area contributed by atoms with Crippen molar-refractivity contribution in [2.24, 2.45) is 0 Å². The van der Waals surface area contributed by atoms with Gasteiger partial charge in [-0.15, -0.1) is 0 Å². The molecule has 1 saturated heterocycles. The minimum absolute atomic E-state index is 0.597. The van der Waals surface area contributed by atoms with Crippen molar-refractivity contribution < 1.29 is 9.13 Å². The van der Waals surface area contributed by atoms with Crippen LogP contribution in [0.5, 0.6) is 0 Å². The van der Waals surface area contributed by atoms with Crippen LogP contribution in [-0.2, 0) is 4.74 Å². The number of hydrogen-bond donors (Lipinski definition) is 0. The van der Waals surface area contributed by atoms with Crippen molar-refractivity contribution in [2.75, 3.05) is 6.61 Å². The largest absolute Gasteiger partial charge is 0.348 e. The quantitative estimate of drug-likeness (QED) is 0.412. The molecule has 0 saturated carbocycles. The Balaban J connectivity index is 2.08. The van der Waals surface area contributed by atoms with E-state index in [-0.39, 0.29) is 0 Å². The van der Waals surface area contributed by atoms with Crippen LogP contribution >= 0.6 is 0 Å². The van der Waals surface area contributed by atoms with Gasteiger partial charge in [-0.3, -0.25) is 0 Å². The van der Waals surface area contributed by atoms with E-state index in [2.05, 4.69) is 4.74 Å². The van der Waals surface area contributed by atoms with Crippen LogP contribution in [0.25, 0.3) is 0 Å². The molecule has 1 heterocycles. The van der Waals surface area contributed by atoms with Crippen LogP contribution in [0.2, 0.25) is 0 Å². The van der Waals surface area contributed by atoms with Crippen molar-refractivity contribution in [2.45, 2.75) is 12.8 Å². The van der Waals surface area contributed by atoms with Gasteiger partial charge in [-0.2, -0.15) is 0 Å². The molecule has 1 aliphatic heterocycles. The first-order valence-corrected chi connectivity index (χ1v) is 1.65. The highest BCUT2D eigenvalue weighted by Gasteiger charge is 2.14. The summed E-state index contributed by atoms with van der Waals surface area (Å²) in [4.78, 5) is 0. The van der Waals surface area contributed by atoms with Crippen molar-refractivity contribution in [3.05, 3.63) is 0 Å². The molecule has 1 atom stereocenters. The number of halogens is 1. The van der Waals surface area contributed by atoms with Gasteiger partial charge in [-0.05, 0) is 0 Å². The molecule has 1 fully saturated rings. The maximum atomic E-state index is 11.3. The van der Waals surface area contributed by atoms with Gasteiger partial charge in [0.2, 0.25) is 6.36 Å². The maximum Gasteiger partial charge on any atom is 0.200 e. The van der Waals surface area contributed by atoms with Gasteiger partial charge in [0.05, 0.1) is 6.61 Å². The van der Waals surface area contributed by atoms with Gasteiger partial charge >= 0.3 is 0 Å². The minimum atomic E-state index is -0.935. The zero-order chi connectivity index (χ0) is 3.70. The van der Waals surface area contributed by atoms with E-state index in [0.29, 0.717) is 13.0 Å². The predicted molar refractivity (Wildman–Crippen MR) is 15.5 cm³/mol. The Morgan fingerprint density at radius 1 is 1.80 bits per heavy atom. The maximum absolute atomic E-state index is 11.3. The third kappa shape index (κ3) is 0.401. The standard InChI is InChI=1S/C3H5FO/c4-3-1-2-5-3/h3H,1-2H2. The first-order valence-electron chi connectivity index (χ1n) is 1.65. The fraction of sp³-hybridized carbons (Fsp3) is 1.00. The average molecular weight is 76.1 g/mol. The first kappa shape index (κ1) is 3.09. The van der Waals surface area contributed by atoms with E-state index in [1.807, 2.05) is 0 Å².